The summed E-state index contributed by atoms with van der Waals surface area (Å²) in [7, 11) is 1.63. The predicted octanol–water partition coefficient (Wildman–Crippen LogP) is 0.521. The Hall–Kier alpha value is -1.80. The molecule has 0 bridgehead atoms. The van der Waals surface area contributed by atoms with Crippen LogP contribution in [0.1, 0.15) is 6.42 Å². The summed E-state index contributed by atoms with van der Waals surface area (Å²) >= 11 is 5.78. The highest BCUT2D eigenvalue weighted by Gasteiger charge is 2.08. The van der Waals surface area contributed by atoms with Gasteiger partial charge in [0.2, 0.25) is 5.28 Å². The predicted molar refractivity (Wildman–Crippen MR) is 61.7 cm³/mol. The Balaban J connectivity index is 2.07. The van der Waals surface area contributed by atoms with Gasteiger partial charge in [-0.25, -0.2) is 4.98 Å². The normalized spacial score (nSPS) is 10.6. The van der Waals surface area contributed by atoms with Crippen LogP contribution in [-0.4, -0.2) is 50.0 Å². The Morgan fingerprint density at radius 3 is 2.89 bits per heavy atom. The van der Waals surface area contributed by atoms with Crippen molar-refractivity contribution in [2.75, 3.05) is 20.3 Å². The first-order chi connectivity index (χ1) is 8.79. The Morgan fingerprint density at radius 1 is 1.28 bits per heavy atom. The number of nitrogens with zero attached hydrogens (tertiary/aromatic N) is 6. The van der Waals surface area contributed by atoms with Crippen molar-refractivity contribution in [3.8, 4) is 12.0 Å². The van der Waals surface area contributed by atoms with Crippen molar-refractivity contribution in [3.63, 3.8) is 0 Å². The molecule has 18 heavy (non-hydrogen) atoms. The second-order valence-electron chi connectivity index (χ2n) is 3.22. The summed E-state index contributed by atoms with van der Waals surface area (Å²) in [4.78, 5) is 15.6. The molecule has 0 N–H and O–H groups in total. The van der Waals surface area contributed by atoms with E-state index in [0.29, 0.717) is 13.2 Å². The Kier molecular flexibility index (Phi) is 4.37. The molecule has 0 aliphatic rings. The lowest BCUT2D eigenvalue weighted by Crippen LogP contribution is -2.08. The Bertz CT molecular complexity index is 492. The van der Waals surface area contributed by atoms with E-state index in [4.69, 9.17) is 21.1 Å². The zero-order valence-corrected chi connectivity index (χ0v) is 10.4. The van der Waals surface area contributed by atoms with Gasteiger partial charge in [-0.2, -0.15) is 24.7 Å². The third-order valence-corrected chi connectivity index (χ3v) is 2.09. The van der Waals surface area contributed by atoms with Gasteiger partial charge < -0.3 is 9.47 Å². The number of methoxy groups -OCH3 is 1. The highest BCUT2D eigenvalue weighted by molar-refractivity contribution is 6.28. The fraction of sp³-hybridized carbons (Fsp3) is 0.444. The Labute approximate surface area is 108 Å². The highest BCUT2D eigenvalue weighted by atomic mass is 35.5. The molecule has 2 rings (SSSR count). The number of aromatic nitrogens is 6. The van der Waals surface area contributed by atoms with Crippen LogP contribution in [-0.2, 0) is 4.74 Å². The second-order valence-corrected chi connectivity index (χ2v) is 3.56. The fourth-order valence-electron chi connectivity index (χ4n) is 1.17. The smallest absolute Gasteiger partial charge is 0.322 e. The van der Waals surface area contributed by atoms with Gasteiger partial charge in [-0.3, -0.25) is 0 Å². The summed E-state index contributed by atoms with van der Waals surface area (Å²) in [6.45, 7) is 1.04. The monoisotopic (exact) mass is 270 g/mol. The highest BCUT2D eigenvalue weighted by Crippen LogP contribution is 2.10. The molecule has 96 valence electrons. The first-order valence-corrected chi connectivity index (χ1v) is 5.55. The van der Waals surface area contributed by atoms with Crippen LogP contribution in [0.15, 0.2) is 12.7 Å². The van der Waals surface area contributed by atoms with Crippen molar-refractivity contribution in [1.29, 1.82) is 0 Å². The lowest BCUT2D eigenvalue weighted by Gasteiger charge is -2.05. The summed E-state index contributed by atoms with van der Waals surface area (Å²) in [6, 6.07) is 0.150. The van der Waals surface area contributed by atoms with Gasteiger partial charge >= 0.3 is 6.01 Å². The molecule has 0 unspecified atom stereocenters. The van der Waals surface area contributed by atoms with E-state index < -0.39 is 0 Å². The third kappa shape index (κ3) is 3.34. The molecule has 0 aromatic carbocycles. The van der Waals surface area contributed by atoms with Crippen LogP contribution in [0.25, 0.3) is 5.95 Å². The van der Waals surface area contributed by atoms with Gasteiger partial charge in [-0.15, -0.1) is 0 Å². The number of hydrogen-bond acceptors (Lipinski definition) is 7. The van der Waals surface area contributed by atoms with Gasteiger partial charge in [-0.1, -0.05) is 0 Å². The number of ether oxygens (including phenoxy) is 2. The zero-order valence-electron chi connectivity index (χ0n) is 9.65. The van der Waals surface area contributed by atoms with E-state index in [1.54, 1.807) is 7.11 Å². The van der Waals surface area contributed by atoms with Crippen LogP contribution in [0, 0.1) is 0 Å². The summed E-state index contributed by atoms with van der Waals surface area (Å²) < 4.78 is 11.6. The molecule has 0 radical (unpaired) electrons. The zero-order chi connectivity index (χ0) is 12.8. The minimum atomic E-state index is 0.0391. The average molecular weight is 271 g/mol. The van der Waals surface area contributed by atoms with Gasteiger partial charge in [0.1, 0.15) is 12.7 Å². The van der Waals surface area contributed by atoms with Crippen molar-refractivity contribution < 1.29 is 9.47 Å². The standard InChI is InChI=1S/C9H11ClN6O2/c1-17-3-2-4-18-9-14-7(10)13-8(15-9)16-6-11-5-12-16/h5-6H,2-4H2,1H3. The van der Waals surface area contributed by atoms with Gasteiger partial charge in [0.15, 0.2) is 0 Å². The molecule has 0 atom stereocenters. The van der Waals surface area contributed by atoms with Crippen LogP contribution in [0.4, 0.5) is 0 Å². The largest absolute Gasteiger partial charge is 0.463 e. The molecular weight excluding hydrogens is 260 g/mol. The molecule has 0 spiro atoms. The topological polar surface area (TPSA) is 87.8 Å². The van der Waals surface area contributed by atoms with E-state index in [9.17, 15) is 0 Å². The van der Waals surface area contributed by atoms with Gasteiger partial charge in [0.05, 0.1) is 6.61 Å². The van der Waals surface area contributed by atoms with E-state index in [-0.39, 0.29) is 17.2 Å². The molecule has 0 aliphatic heterocycles. The minimum absolute atomic E-state index is 0.0391. The maximum atomic E-state index is 5.78. The Morgan fingerprint density at radius 2 is 2.17 bits per heavy atom. The summed E-state index contributed by atoms with van der Waals surface area (Å²) in [5.74, 6) is 0.259. The molecule has 2 heterocycles. The second kappa shape index (κ2) is 6.22. The maximum Gasteiger partial charge on any atom is 0.322 e. The lowest BCUT2D eigenvalue weighted by molar-refractivity contribution is 0.168. The van der Waals surface area contributed by atoms with E-state index in [1.807, 2.05) is 0 Å². The molecule has 8 nitrogen and oxygen atoms in total. The molecule has 0 saturated heterocycles. The summed E-state index contributed by atoms with van der Waals surface area (Å²) in [6.07, 6.45) is 3.57. The van der Waals surface area contributed by atoms with Crippen molar-refractivity contribution in [1.82, 2.24) is 29.7 Å². The summed E-state index contributed by atoms with van der Waals surface area (Å²) in [5, 5.41) is 3.94. The van der Waals surface area contributed by atoms with Crippen molar-refractivity contribution >= 4 is 11.6 Å². The van der Waals surface area contributed by atoms with E-state index in [1.165, 1.54) is 17.3 Å². The molecular formula is C9H11ClN6O2. The summed E-state index contributed by atoms with van der Waals surface area (Å²) in [5.41, 5.74) is 0. The lowest BCUT2D eigenvalue weighted by atomic mass is 10.5. The first-order valence-electron chi connectivity index (χ1n) is 5.18. The first kappa shape index (κ1) is 12.7. The SMILES string of the molecule is COCCCOc1nc(Cl)nc(-n2cncn2)n1. The van der Waals surface area contributed by atoms with Crippen molar-refractivity contribution in [2.24, 2.45) is 0 Å². The van der Waals surface area contributed by atoms with Gasteiger partial charge in [0.25, 0.3) is 5.95 Å². The number of hydrogen-bond donors (Lipinski definition) is 0. The molecule has 9 heteroatoms. The molecule has 0 amide bonds. The van der Waals surface area contributed by atoms with Gasteiger partial charge in [-0.05, 0) is 11.6 Å². The number of halogens is 1. The maximum absolute atomic E-state index is 5.78. The van der Waals surface area contributed by atoms with Crippen LogP contribution < -0.4 is 4.74 Å². The van der Waals surface area contributed by atoms with Crippen molar-refractivity contribution in [2.45, 2.75) is 6.42 Å². The van der Waals surface area contributed by atoms with Crippen LogP contribution in [0.3, 0.4) is 0 Å². The number of rotatable bonds is 6. The minimum Gasteiger partial charge on any atom is -0.463 e. The van der Waals surface area contributed by atoms with E-state index in [2.05, 4.69) is 25.0 Å². The van der Waals surface area contributed by atoms with E-state index in [0.717, 1.165) is 6.42 Å². The fourth-order valence-corrected chi connectivity index (χ4v) is 1.32. The molecule has 2 aromatic heterocycles. The molecule has 0 saturated carbocycles. The van der Waals surface area contributed by atoms with E-state index >= 15 is 0 Å². The molecule has 0 fully saturated rings. The van der Waals surface area contributed by atoms with Crippen LogP contribution in [0.5, 0.6) is 6.01 Å². The quantitative estimate of drug-likeness (QED) is 0.707. The van der Waals surface area contributed by atoms with Crippen molar-refractivity contribution in [3.05, 3.63) is 17.9 Å². The van der Waals surface area contributed by atoms with Crippen LogP contribution >= 0.6 is 11.6 Å². The third-order valence-electron chi connectivity index (χ3n) is 1.92. The van der Waals surface area contributed by atoms with Gasteiger partial charge in [0, 0.05) is 20.1 Å². The van der Waals surface area contributed by atoms with Crippen LogP contribution in [0.2, 0.25) is 5.28 Å². The average Bonchev–Trinajstić information content (AvgIpc) is 2.88. The molecule has 2 aromatic rings. The molecule has 0 aliphatic carbocycles.